The van der Waals surface area contributed by atoms with Crippen LogP contribution in [0.25, 0.3) is 0 Å². The number of furan rings is 1. The summed E-state index contributed by atoms with van der Waals surface area (Å²) in [7, 11) is 1.52. The summed E-state index contributed by atoms with van der Waals surface area (Å²) in [5, 5.41) is 0. The summed E-state index contributed by atoms with van der Waals surface area (Å²) in [4.78, 5) is 23.4. The van der Waals surface area contributed by atoms with Crippen molar-refractivity contribution in [1.29, 1.82) is 0 Å². The standard InChI is InChI=1S/C16H18N2O5/c1-11-4-3-5-12(8-11)22-10-15(19)17-18-16(20)14-7-6-13(23-14)9-21-2/h3-8H,9-10H2,1-2H3,(H,17,19)(H,18,20). The Balaban J connectivity index is 1.76. The molecule has 0 radical (unpaired) electrons. The molecule has 23 heavy (non-hydrogen) atoms. The second kappa shape index (κ2) is 8.00. The first-order chi connectivity index (χ1) is 11.1. The highest BCUT2D eigenvalue weighted by molar-refractivity contribution is 5.93. The summed E-state index contributed by atoms with van der Waals surface area (Å²) >= 11 is 0. The van der Waals surface area contributed by atoms with E-state index in [1.54, 1.807) is 12.1 Å². The maximum Gasteiger partial charge on any atom is 0.305 e. The van der Waals surface area contributed by atoms with E-state index in [0.29, 0.717) is 11.5 Å². The highest BCUT2D eigenvalue weighted by Crippen LogP contribution is 2.12. The summed E-state index contributed by atoms with van der Waals surface area (Å²) in [5.74, 6) is 0.144. The summed E-state index contributed by atoms with van der Waals surface area (Å²) in [6.07, 6.45) is 0. The molecule has 122 valence electrons. The number of aryl methyl sites for hydroxylation is 1. The van der Waals surface area contributed by atoms with Crippen molar-refractivity contribution in [3.8, 4) is 5.75 Å². The van der Waals surface area contributed by atoms with Crippen molar-refractivity contribution in [2.45, 2.75) is 13.5 Å². The zero-order chi connectivity index (χ0) is 16.7. The van der Waals surface area contributed by atoms with Crippen LogP contribution in [0.2, 0.25) is 0 Å². The number of carbonyl (C=O) groups excluding carboxylic acids is 2. The van der Waals surface area contributed by atoms with Crippen LogP contribution in [0, 0.1) is 6.92 Å². The molecule has 0 aliphatic heterocycles. The minimum atomic E-state index is -0.559. The Bertz CT molecular complexity index is 681. The van der Waals surface area contributed by atoms with Gasteiger partial charge in [-0.3, -0.25) is 20.4 Å². The Kier molecular flexibility index (Phi) is 5.76. The molecule has 0 saturated heterocycles. The van der Waals surface area contributed by atoms with Gasteiger partial charge in [0.2, 0.25) is 0 Å². The van der Waals surface area contributed by atoms with Crippen LogP contribution in [0.3, 0.4) is 0 Å². The number of amides is 2. The first kappa shape index (κ1) is 16.6. The van der Waals surface area contributed by atoms with Crippen molar-refractivity contribution in [2.24, 2.45) is 0 Å². The lowest BCUT2D eigenvalue weighted by molar-refractivity contribution is -0.123. The molecule has 7 nitrogen and oxygen atoms in total. The number of rotatable bonds is 6. The first-order valence-electron chi connectivity index (χ1n) is 6.95. The lowest BCUT2D eigenvalue weighted by atomic mass is 10.2. The Labute approximate surface area is 133 Å². The molecule has 0 unspecified atom stereocenters. The van der Waals surface area contributed by atoms with Crippen LogP contribution in [-0.2, 0) is 16.1 Å². The number of carbonyl (C=O) groups is 2. The third-order valence-corrected chi connectivity index (χ3v) is 2.85. The van der Waals surface area contributed by atoms with Crippen molar-refractivity contribution < 1.29 is 23.5 Å². The van der Waals surface area contributed by atoms with Gasteiger partial charge in [0.25, 0.3) is 5.91 Å². The van der Waals surface area contributed by atoms with Crippen molar-refractivity contribution in [1.82, 2.24) is 10.9 Å². The summed E-state index contributed by atoms with van der Waals surface area (Å²) < 4.78 is 15.5. The van der Waals surface area contributed by atoms with E-state index in [0.717, 1.165) is 5.56 Å². The molecule has 2 N–H and O–H groups in total. The van der Waals surface area contributed by atoms with Gasteiger partial charge in [0, 0.05) is 7.11 Å². The van der Waals surface area contributed by atoms with Crippen LogP contribution in [-0.4, -0.2) is 25.5 Å². The molecule has 0 aliphatic rings. The topological polar surface area (TPSA) is 89.8 Å². The van der Waals surface area contributed by atoms with Gasteiger partial charge in [0.15, 0.2) is 12.4 Å². The largest absolute Gasteiger partial charge is 0.484 e. The number of hydrogen-bond acceptors (Lipinski definition) is 5. The molecule has 2 amide bonds. The molecule has 1 heterocycles. The maximum absolute atomic E-state index is 11.8. The molecule has 1 aromatic carbocycles. The monoisotopic (exact) mass is 318 g/mol. The average Bonchev–Trinajstić information content (AvgIpc) is 3.00. The summed E-state index contributed by atoms with van der Waals surface area (Å²) in [6, 6.07) is 10.4. The van der Waals surface area contributed by atoms with Gasteiger partial charge in [-0.05, 0) is 36.8 Å². The van der Waals surface area contributed by atoms with Crippen LogP contribution >= 0.6 is 0 Å². The van der Waals surface area contributed by atoms with Gasteiger partial charge in [-0.2, -0.15) is 0 Å². The highest BCUT2D eigenvalue weighted by atomic mass is 16.5. The molecular weight excluding hydrogens is 300 g/mol. The summed E-state index contributed by atoms with van der Waals surface area (Å²) in [5.41, 5.74) is 5.53. The van der Waals surface area contributed by atoms with E-state index in [9.17, 15) is 9.59 Å². The smallest absolute Gasteiger partial charge is 0.305 e. The van der Waals surface area contributed by atoms with Crippen LogP contribution in [0.15, 0.2) is 40.8 Å². The van der Waals surface area contributed by atoms with Gasteiger partial charge in [-0.15, -0.1) is 0 Å². The van der Waals surface area contributed by atoms with Gasteiger partial charge in [-0.25, -0.2) is 0 Å². The number of hydrazine groups is 1. The number of nitrogens with one attached hydrogen (secondary N) is 2. The predicted molar refractivity (Wildman–Crippen MR) is 81.7 cm³/mol. The number of hydrogen-bond donors (Lipinski definition) is 2. The number of benzene rings is 1. The number of ether oxygens (including phenoxy) is 2. The molecule has 2 rings (SSSR count). The molecular formula is C16H18N2O5. The maximum atomic E-state index is 11.8. The van der Waals surface area contributed by atoms with Crippen molar-refractivity contribution in [3.05, 3.63) is 53.5 Å². The Morgan fingerprint density at radius 3 is 2.74 bits per heavy atom. The van der Waals surface area contributed by atoms with E-state index in [-0.39, 0.29) is 19.0 Å². The Morgan fingerprint density at radius 1 is 1.17 bits per heavy atom. The molecule has 7 heteroatoms. The van der Waals surface area contributed by atoms with Crippen LogP contribution < -0.4 is 15.6 Å². The Morgan fingerprint density at radius 2 is 2.00 bits per heavy atom. The lowest BCUT2D eigenvalue weighted by Gasteiger charge is -2.08. The molecule has 0 fully saturated rings. The normalized spacial score (nSPS) is 10.2. The molecule has 2 aromatic rings. The lowest BCUT2D eigenvalue weighted by Crippen LogP contribution is -2.43. The van der Waals surface area contributed by atoms with Gasteiger partial charge >= 0.3 is 5.91 Å². The van der Waals surface area contributed by atoms with Crippen molar-refractivity contribution >= 4 is 11.8 Å². The van der Waals surface area contributed by atoms with Crippen LogP contribution in [0.1, 0.15) is 21.9 Å². The predicted octanol–water partition coefficient (Wildman–Crippen LogP) is 1.57. The second-order valence-electron chi connectivity index (χ2n) is 4.81. The van der Waals surface area contributed by atoms with Gasteiger partial charge in [-0.1, -0.05) is 12.1 Å². The zero-order valence-electron chi connectivity index (χ0n) is 12.9. The van der Waals surface area contributed by atoms with Gasteiger partial charge in [0.1, 0.15) is 18.1 Å². The molecule has 1 aromatic heterocycles. The minimum Gasteiger partial charge on any atom is -0.484 e. The van der Waals surface area contributed by atoms with E-state index in [4.69, 9.17) is 13.9 Å². The van der Waals surface area contributed by atoms with Crippen molar-refractivity contribution in [2.75, 3.05) is 13.7 Å². The van der Waals surface area contributed by atoms with E-state index in [1.807, 2.05) is 25.1 Å². The number of methoxy groups -OCH3 is 1. The van der Waals surface area contributed by atoms with Gasteiger partial charge < -0.3 is 13.9 Å². The first-order valence-corrected chi connectivity index (χ1v) is 6.95. The quantitative estimate of drug-likeness (QED) is 0.789. The highest BCUT2D eigenvalue weighted by Gasteiger charge is 2.12. The third kappa shape index (κ3) is 5.15. The van der Waals surface area contributed by atoms with E-state index < -0.39 is 11.8 Å². The summed E-state index contributed by atoms with van der Waals surface area (Å²) in [6.45, 7) is 1.98. The fourth-order valence-corrected chi connectivity index (χ4v) is 1.80. The van der Waals surface area contributed by atoms with E-state index in [1.165, 1.54) is 13.2 Å². The van der Waals surface area contributed by atoms with Crippen LogP contribution in [0.4, 0.5) is 0 Å². The fourth-order valence-electron chi connectivity index (χ4n) is 1.80. The molecule has 0 bridgehead atoms. The van der Waals surface area contributed by atoms with E-state index in [2.05, 4.69) is 10.9 Å². The average molecular weight is 318 g/mol. The zero-order valence-corrected chi connectivity index (χ0v) is 12.9. The fraction of sp³-hybridized carbons (Fsp3) is 0.250. The SMILES string of the molecule is COCc1ccc(C(=O)NNC(=O)COc2cccc(C)c2)o1. The van der Waals surface area contributed by atoms with E-state index >= 15 is 0 Å². The second-order valence-corrected chi connectivity index (χ2v) is 4.81. The van der Waals surface area contributed by atoms with Crippen LogP contribution in [0.5, 0.6) is 5.75 Å². The minimum absolute atomic E-state index is 0.0805. The molecule has 0 atom stereocenters. The molecule has 0 aliphatic carbocycles. The molecule has 0 saturated carbocycles. The molecule has 0 spiro atoms. The van der Waals surface area contributed by atoms with Gasteiger partial charge in [0.05, 0.1) is 0 Å². The Hall–Kier alpha value is -2.80. The third-order valence-electron chi connectivity index (χ3n) is 2.85. The van der Waals surface area contributed by atoms with Crippen molar-refractivity contribution in [3.63, 3.8) is 0 Å².